The molecule has 110 valence electrons. The Morgan fingerprint density at radius 2 is 2.00 bits per heavy atom. The number of carbonyl (C=O) groups is 1. The van der Waals surface area contributed by atoms with E-state index in [1.54, 1.807) is 0 Å². The Kier molecular flexibility index (Phi) is 5.74. The summed E-state index contributed by atoms with van der Waals surface area (Å²) >= 11 is 0. The van der Waals surface area contributed by atoms with Crippen molar-refractivity contribution in [2.45, 2.75) is 39.2 Å². The van der Waals surface area contributed by atoms with Gasteiger partial charge >= 0.3 is 0 Å². The zero-order chi connectivity index (χ0) is 14.4. The molecule has 20 heavy (non-hydrogen) atoms. The minimum atomic E-state index is 0.259. The lowest BCUT2D eigenvalue weighted by molar-refractivity contribution is 0.0143. The molecule has 0 aliphatic carbocycles. The molecule has 1 aromatic carbocycles. The van der Waals surface area contributed by atoms with Crippen molar-refractivity contribution in [2.75, 3.05) is 26.2 Å². The zero-order valence-electron chi connectivity index (χ0n) is 12.6. The summed E-state index contributed by atoms with van der Waals surface area (Å²) in [4.78, 5) is 14.6. The van der Waals surface area contributed by atoms with Gasteiger partial charge in [-0.2, -0.15) is 0 Å². The molecule has 0 N–H and O–H groups in total. The highest BCUT2D eigenvalue weighted by Crippen LogP contribution is 2.15. The standard InChI is InChI=1S/C17H25NO2/c1-3-20-15-8-11-18(12-9-15)13-10-17(19)16-7-5-4-6-14(16)2/h4-7,15H,3,8-13H2,1-2H3. The number of likely N-dealkylation sites (tertiary alicyclic amines) is 1. The Labute approximate surface area is 121 Å². The van der Waals surface area contributed by atoms with Gasteiger partial charge in [-0.1, -0.05) is 24.3 Å². The number of piperidine rings is 1. The topological polar surface area (TPSA) is 29.5 Å². The maximum atomic E-state index is 12.2. The largest absolute Gasteiger partial charge is 0.378 e. The third-order valence-electron chi connectivity index (χ3n) is 4.04. The first-order valence-electron chi connectivity index (χ1n) is 7.63. The fourth-order valence-electron chi connectivity index (χ4n) is 2.82. The van der Waals surface area contributed by atoms with Gasteiger partial charge in [-0.3, -0.25) is 4.79 Å². The summed E-state index contributed by atoms with van der Waals surface area (Å²) in [5.74, 6) is 0.259. The maximum Gasteiger partial charge on any atom is 0.164 e. The molecule has 1 heterocycles. The number of hydrogen-bond donors (Lipinski definition) is 0. The number of Topliss-reactive ketones (excluding diaryl/α,β-unsaturated/α-hetero) is 1. The number of carbonyl (C=O) groups excluding carboxylic acids is 1. The third-order valence-corrected chi connectivity index (χ3v) is 4.04. The van der Waals surface area contributed by atoms with Crippen LogP contribution >= 0.6 is 0 Å². The highest BCUT2D eigenvalue weighted by atomic mass is 16.5. The highest BCUT2D eigenvalue weighted by Gasteiger charge is 2.19. The Balaban J connectivity index is 1.76. The van der Waals surface area contributed by atoms with Crippen LogP contribution in [0.2, 0.25) is 0 Å². The molecule has 0 atom stereocenters. The van der Waals surface area contributed by atoms with Gasteiger partial charge in [0.2, 0.25) is 0 Å². The van der Waals surface area contributed by atoms with E-state index < -0.39 is 0 Å². The van der Waals surface area contributed by atoms with Gasteiger partial charge in [-0.15, -0.1) is 0 Å². The van der Waals surface area contributed by atoms with Crippen LogP contribution in [0.15, 0.2) is 24.3 Å². The van der Waals surface area contributed by atoms with E-state index in [-0.39, 0.29) is 5.78 Å². The predicted octanol–water partition coefficient (Wildman–Crippen LogP) is 3.07. The van der Waals surface area contributed by atoms with Gasteiger partial charge < -0.3 is 9.64 Å². The van der Waals surface area contributed by atoms with E-state index >= 15 is 0 Å². The fourth-order valence-corrected chi connectivity index (χ4v) is 2.82. The van der Waals surface area contributed by atoms with Gasteiger partial charge in [0, 0.05) is 38.2 Å². The van der Waals surface area contributed by atoms with Crippen LogP contribution in [0.3, 0.4) is 0 Å². The van der Waals surface area contributed by atoms with Crippen molar-refractivity contribution in [1.82, 2.24) is 4.90 Å². The van der Waals surface area contributed by atoms with Gasteiger partial charge in [0.05, 0.1) is 6.10 Å². The first kappa shape index (κ1) is 15.2. The molecular formula is C17H25NO2. The van der Waals surface area contributed by atoms with Crippen molar-refractivity contribution < 1.29 is 9.53 Å². The molecule has 0 bridgehead atoms. The Hall–Kier alpha value is -1.19. The number of nitrogens with zero attached hydrogens (tertiary/aromatic N) is 1. The van der Waals surface area contributed by atoms with Gasteiger partial charge in [-0.25, -0.2) is 0 Å². The zero-order valence-corrected chi connectivity index (χ0v) is 12.6. The van der Waals surface area contributed by atoms with Crippen molar-refractivity contribution >= 4 is 5.78 Å². The number of rotatable bonds is 6. The smallest absolute Gasteiger partial charge is 0.164 e. The molecular weight excluding hydrogens is 250 g/mol. The summed E-state index contributed by atoms with van der Waals surface area (Å²) in [6, 6.07) is 7.85. The van der Waals surface area contributed by atoms with E-state index in [1.807, 2.05) is 38.1 Å². The van der Waals surface area contributed by atoms with Gasteiger partial charge in [-0.05, 0) is 32.3 Å². The molecule has 1 fully saturated rings. The average molecular weight is 275 g/mol. The van der Waals surface area contributed by atoms with Crippen LogP contribution in [0.5, 0.6) is 0 Å². The second-order valence-electron chi connectivity index (χ2n) is 5.48. The number of ether oxygens (including phenoxy) is 1. The minimum absolute atomic E-state index is 0.259. The van der Waals surface area contributed by atoms with E-state index in [1.165, 1.54) is 0 Å². The number of ketones is 1. The molecule has 0 radical (unpaired) electrons. The number of hydrogen-bond acceptors (Lipinski definition) is 3. The van der Waals surface area contributed by atoms with Crippen LogP contribution in [0.1, 0.15) is 42.1 Å². The second kappa shape index (κ2) is 7.55. The van der Waals surface area contributed by atoms with Crippen LogP contribution in [0.25, 0.3) is 0 Å². The van der Waals surface area contributed by atoms with Crippen molar-refractivity contribution in [1.29, 1.82) is 0 Å². The van der Waals surface area contributed by atoms with Gasteiger partial charge in [0.25, 0.3) is 0 Å². The molecule has 0 saturated carbocycles. The first-order chi connectivity index (χ1) is 9.70. The van der Waals surface area contributed by atoms with E-state index in [9.17, 15) is 4.79 Å². The molecule has 1 aliphatic heterocycles. The molecule has 3 heteroatoms. The lowest BCUT2D eigenvalue weighted by Gasteiger charge is -2.31. The normalized spacial score (nSPS) is 17.3. The van der Waals surface area contributed by atoms with E-state index in [0.717, 1.165) is 50.2 Å². The summed E-state index contributed by atoms with van der Waals surface area (Å²) in [6.45, 7) is 7.81. The third kappa shape index (κ3) is 4.15. The highest BCUT2D eigenvalue weighted by molar-refractivity contribution is 5.97. The van der Waals surface area contributed by atoms with Crippen LogP contribution in [0.4, 0.5) is 0 Å². The van der Waals surface area contributed by atoms with Crippen LogP contribution < -0.4 is 0 Å². The Morgan fingerprint density at radius 1 is 1.30 bits per heavy atom. The fraction of sp³-hybridized carbons (Fsp3) is 0.588. The van der Waals surface area contributed by atoms with Crippen molar-refractivity contribution in [3.05, 3.63) is 35.4 Å². The quantitative estimate of drug-likeness (QED) is 0.747. The van der Waals surface area contributed by atoms with Crippen LogP contribution in [-0.4, -0.2) is 43.0 Å². The molecule has 2 rings (SSSR count). The second-order valence-corrected chi connectivity index (χ2v) is 5.48. The molecule has 0 spiro atoms. The molecule has 1 saturated heterocycles. The molecule has 0 unspecified atom stereocenters. The Morgan fingerprint density at radius 3 is 2.65 bits per heavy atom. The summed E-state index contributed by atoms with van der Waals surface area (Å²) in [5, 5.41) is 0. The van der Waals surface area contributed by atoms with Crippen molar-refractivity contribution in [2.24, 2.45) is 0 Å². The van der Waals surface area contributed by atoms with Crippen LogP contribution in [0, 0.1) is 6.92 Å². The molecule has 1 aliphatic rings. The van der Waals surface area contributed by atoms with E-state index in [4.69, 9.17) is 4.74 Å². The lowest BCUT2D eigenvalue weighted by atomic mass is 10.0. The van der Waals surface area contributed by atoms with E-state index in [0.29, 0.717) is 12.5 Å². The van der Waals surface area contributed by atoms with E-state index in [2.05, 4.69) is 4.90 Å². The summed E-state index contributed by atoms with van der Waals surface area (Å²) in [7, 11) is 0. The van der Waals surface area contributed by atoms with Gasteiger partial charge in [0.1, 0.15) is 0 Å². The Bertz CT molecular complexity index is 436. The minimum Gasteiger partial charge on any atom is -0.378 e. The maximum absolute atomic E-state index is 12.2. The van der Waals surface area contributed by atoms with Crippen molar-refractivity contribution in [3.63, 3.8) is 0 Å². The summed E-state index contributed by atoms with van der Waals surface area (Å²) in [5.41, 5.74) is 1.95. The molecule has 0 aromatic heterocycles. The average Bonchev–Trinajstić information content (AvgIpc) is 2.47. The lowest BCUT2D eigenvalue weighted by Crippen LogP contribution is -2.38. The summed E-state index contributed by atoms with van der Waals surface area (Å²) in [6.07, 6.45) is 3.21. The van der Waals surface area contributed by atoms with Gasteiger partial charge in [0.15, 0.2) is 5.78 Å². The number of aryl methyl sites for hydroxylation is 1. The predicted molar refractivity (Wildman–Crippen MR) is 81.2 cm³/mol. The SMILES string of the molecule is CCOC1CCN(CCC(=O)c2ccccc2C)CC1. The van der Waals surface area contributed by atoms with Crippen molar-refractivity contribution in [3.8, 4) is 0 Å². The van der Waals surface area contributed by atoms with Crippen LogP contribution in [-0.2, 0) is 4.74 Å². The molecule has 3 nitrogen and oxygen atoms in total. The molecule has 0 amide bonds. The molecule has 1 aromatic rings. The monoisotopic (exact) mass is 275 g/mol. The first-order valence-corrected chi connectivity index (χ1v) is 7.63. The number of benzene rings is 1. The summed E-state index contributed by atoms with van der Waals surface area (Å²) < 4.78 is 5.65.